The Bertz CT molecular complexity index is 1560. The largest absolute Gasteiger partial charge is 0.496 e. The molecule has 3 aromatic carbocycles. The number of aliphatic imine (C=N–C) groups is 3. The van der Waals surface area contributed by atoms with Crippen LogP contribution in [0, 0.1) is 6.92 Å². The summed E-state index contributed by atoms with van der Waals surface area (Å²) in [4.78, 5) is 20.1. The van der Waals surface area contributed by atoms with Gasteiger partial charge in [0.15, 0.2) is 11.7 Å². The lowest BCUT2D eigenvalue weighted by molar-refractivity contribution is 0.271. The van der Waals surface area contributed by atoms with Crippen molar-refractivity contribution in [3.63, 3.8) is 0 Å². The Kier molecular flexibility index (Phi) is 11.8. The maximum atomic E-state index is 6.20. The minimum absolute atomic E-state index is 0.527. The number of benzene rings is 3. The van der Waals surface area contributed by atoms with Gasteiger partial charge in [0.1, 0.15) is 23.0 Å². The first-order valence-corrected chi connectivity index (χ1v) is 16.8. The molecule has 0 amide bonds. The molecule has 8 heteroatoms. The Morgan fingerprint density at radius 3 is 2.24 bits per heavy atom. The monoisotopic (exact) mass is 623 g/mol. The molecule has 0 radical (unpaired) electrons. The zero-order chi connectivity index (χ0) is 32.3. The molecule has 5 rings (SSSR count). The number of hydrogen-bond donors (Lipinski definition) is 0. The number of hydrogen-bond acceptors (Lipinski definition) is 7. The zero-order valence-electron chi connectivity index (χ0n) is 28.2. The predicted octanol–water partition coefficient (Wildman–Crippen LogP) is 7.87. The highest BCUT2D eigenvalue weighted by Gasteiger charge is 2.26. The van der Waals surface area contributed by atoms with Crippen LogP contribution in [0.5, 0.6) is 17.2 Å². The van der Waals surface area contributed by atoms with Gasteiger partial charge in [-0.3, -0.25) is 0 Å². The molecule has 2 aliphatic rings. The van der Waals surface area contributed by atoms with Gasteiger partial charge in [-0.05, 0) is 74.0 Å². The van der Waals surface area contributed by atoms with Gasteiger partial charge in [0.2, 0.25) is 0 Å². The smallest absolute Gasteiger partial charge is 0.181 e. The molecule has 2 aliphatic heterocycles. The quantitative estimate of drug-likeness (QED) is 0.161. The third kappa shape index (κ3) is 8.15. The molecule has 0 aliphatic carbocycles. The standard InChI is InChI=1S/C38H49N5O3/c1-6-8-9-10-11-14-25-46-30-18-20-35(45-5)32(27-30)36-38(41-37(40-36)31-15-12-13-16-34(31)44-4)39-33-19-17-29(26-28(33)3)43-23-21-42(7-2)22-24-43/h12-13,15-20,26-27H,6-11,14,21-25H2,1-5H3/b39-38-. The normalized spacial score (nSPS) is 16.0. The van der Waals surface area contributed by atoms with Crippen LogP contribution in [-0.4, -0.2) is 75.8 Å². The molecule has 0 saturated carbocycles. The summed E-state index contributed by atoms with van der Waals surface area (Å²) < 4.78 is 17.7. The lowest BCUT2D eigenvalue weighted by Crippen LogP contribution is -2.46. The SMILES string of the molecule is CCCCCCCCOc1ccc(OC)c(C2=NC(c3ccccc3OC)=N/C2=N\c2ccc(N3CCN(CC)CC3)cc2C)c1. The lowest BCUT2D eigenvalue weighted by atomic mass is 10.1. The number of unbranched alkanes of at least 4 members (excludes halogenated alkanes) is 5. The van der Waals surface area contributed by atoms with Gasteiger partial charge >= 0.3 is 0 Å². The van der Waals surface area contributed by atoms with E-state index in [0.29, 0.717) is 35.5 Å². The Morgan fingerprint density at radius 1 is 0.761 bits per heavy atom. The topological polar surface area (TPSA) is 71.2 Å². The van der Waals surface area contributed by atoms with Crippen molar-refractivity contribution in [2.75, 3.05) is 58.5 Å². The fraction of sp³-hybridized carbons (Fsp3) is 0.447. The molecule has 2 heterocycles. The lowest BCUT2D eigenvalue weighted by Gasteiger charge is -2.35. The number of ether oxygens (including phenoxy) is 3. The second kappa shape index (κ2) is 16.4. The van der Waals surface area contributed by atoms with E-state index in [9.17, 15) is 0 Å². The van der Waals surface area contributed by atoms with E-state index >= 15 is 0 Å². The van der Waals surface area contributed by atoms with E-state index in [1.54, 1.807) is 14.2 Å². The van der Waals surface area contributed by atoms with E-state index in [-0.39, 0.29) is 0 Å². The molecule has 3 aromatic rings. The number of aryl methyl sites for hydroxylation is 1. The molecule has 0 atom stereocenters. The molecule has 0 N–H and O–H groups in total. The second-order valence-electron chi connectivity index (χ2n) is 11.9. The first kappa shape index (κ1) is 33.2. The van der Waals surface area contributed by atoms with E-state index in [4.69, 9.17) is 29.2 Å². The van der Waals surface area contributed by atoms with E-state index in [0.717, 1.165) is 67.3 Å². The van der Waals surface area contributed by atoms with Crippen molar-refractivity contribution in [3.05, 3.63) is 77.4 Å². The minimum Gasteiger partial charge on any atom is -0.496 e. The maximum absolute atomic E-state index is 6.20. The highest BCUT2D eigenvalue weighted by molar-refractivity contribution is 6.54. The highest BCUT2D eigenvalue weighted by atomic mass is 16.5. The number of piperazine rings is 1. The van der Waals surface area contributed by atoms with E-state index in [1.165, 1.54) is 37.8 Å². The molecule has 0 bridgehead atoms. The van der Waals surface area contributed by atoms with E-state index in [1.807, 2.05) is 42.5 Å². The summed E-state index contributed by atoms with van der Waals surface area (Å²) in [6, 6.07) is 20.2. The van der Waals surface area contributed by atoms with Gasteiger partial charge in [-0.25, -0.2) is 15.0 Å². The van der Waals surface area contributed by atoms with Crippen LogP contribution in [0.2, 0.25) is 0 Å². The van der Waals surface area contributed by atoms with Gasteiger partial charge in [-0.1, -0.05) is 58.1 Å². The summed E-state index contributed by atoms with van der Waals surface area (Å²) >= 11 is 0. The van der Waals surface area contributed by atoms with Crippen molar-refractivity contribution in [2.45, 2.75) is 59.3 Å². The number of anilines is 1. The van der Waals surface area contributed by atoms with Crippen molar-refractivity contribution in [1.82, 2.24) is 4.90 Å². The molecular formula is C38H49N5O3. The summed E-state index contributed by atoms with van der Waals surface area (Å²) in [6.07, 6.45) is 7.30. The highest BCUT2D eigenvalue weighted by Crippen LogP contribution is 2.32. The number of nitrogens with zero attached hydrogens (tertiary/aromatic N) is 5. The van der Waals surface area contributed by atoms with Gasteiger partial charge in [-0.15, -0.1) is 0 Å². The van der Waals surface area contributed by atoms with Crippen molar-refractivity contribution in [3.8, 4) is 17.2 Å². The Morgan fingerprint density at radius 2 is 1.50 bits per heavy atom. The minimum atomic E-state index is 0.527. The average molecular weight is 624 g/mol. The Hall–Kier alpha value is -4.17. The van der Waals surface area contributed by atoms with Crippen molar-refractivity contribution in [1.29, 1.82) is 0 Å². The van der Waals surface area contributed by atoms with E-state index in [2.05, 4.69) is 48.8 Å². The second-order valence-corrected chi connectivity index (χ2v) is 11.9. The molecule has 1 saturated heterocycles. The van der Waals surface area contributed by atoms with E-state index < -0.39 is 0 Å². The third-order valence-electron chi connectivity index (χ3n) is 8.77. The number of amidine groups is 2. The first-order valence-electron chi connectivity index (χ1n) is 16.8. The maximum Gasteiger partial charge on any atom is 0.181 e. The predicted molar refractivity (Wildman–Crippen MR) is 191 cm³/mol. The Labute approximate surface area is 274 Å². The van der Waals surface area contributed by atoms with Crippen LogP contribution in [0.25, 0.3) is 0 Å². The number of methoxy groups -OCH3 is 2. The van der Waals surface area contributed by atoms with Crippen LogP contribution >= 0.6 is 0 Å². The number of rotatable bonds is 15. The number of likely N-dealkylation sites (N-methyl/N-ethyl adjacent to an activating group) is 1. The molecule has 1 fully saturated rings. The van der Waals surface area contributed by atoms with Crippen molar-refractivity contribution >= 4 is 28.8 Å². The summed E-state index contributed by atoms with van der Waals surface area (Å²) in [5.74, 6) is 3.25. The van der Waals surface area contributed by atoms with Gasteiger partial charge in [0.05, 0.1) is 32.1 Å². The van der Waals surface area contributed by atoms with Crippen LogP contribution in [0.3, 0.4) is 0 Å². The molecule has 244 valence electrons. The summed E-state index contributed by atoms with van der Waals surface area (Å²) in [5, 5.41) is 0. The van der Waals surface area contributed by atoms with Crippen LogP contribution in [-0.2, 0) is 0 Å². The fourth-order valence-corrected chi connectivity index (χ4v) is 5.98. The summed E-state index contributed by atoms with van der Waals surface area (Å²) in [6.45, 7) is 12.6. The van der Waals surface area contributed by atoms with Gasteiger partial charge < -0.3 is 24.0 Å². The van der Waals surface area contributed by atoms with Crippen molar-refractivity contribution in [2.24, 2.45) is 15.0 Å². The molecule has 0 unspecified atom stereocenters. The van der Waals surface area contributed by atoms with Gasteiger partial charge in [0.25, 0.3) is 0 Å². The van der Waals surface area contributed by atoms with Crippen LogP contribution in [0.15, 0.2) is 75.6 Å². The van der Waals surface area contributed by atoms with Gasteiger partial charge in [-0.2, -0.15) is 0 Å². The third-order valence-corrected chi connectivity index (χ3v) is 8.77. The summed E-state index contributed by atoms with van der Waals surface area (Å²) in [7, 11) is 3.34. The molecule has 0 aromatic heterocycles. The molecule has 8 nitrogen and oxygen atoms in total. The Balaban J connectivity index is 1.45. The van der Waals surface area contributed by atoms with Crippen LogP contribution < -0.4 is 19.1 Å². The number of para-hydroxylation sites is 1. The average Bonchev–Trinajstić information content (AvgIpc) is 3.52. The first-order chi connectivity index (χ1) is 22.5. The molecular weight excluding hydrogens is 574 g/mol. The molecule has 0 spiro atoms. The van der Waals surface area contributed by atoms with Crippen LogP contribution in [0.1, 0.15) is 69.1 Å². The van der Waals surface area contributed by atoms with Crippen LogP contribution in [0.4, 0.5) is 11.4 Å². The van der Waals surface area contributed by atoms with Gasteiger partial charge in [0, 0.05) is 37.4 Å². The molecule has 46 heavy (non-hydrogen) atoms. The fourth-order valence-electron chi connectivity index (χ4n) is 5.98. The zero-order valence-corrected chi connectivity index (χ0v) is 28.2. The van der Waals surface area contributed by atoms with Crippen molar-refractivity contribution < 1.29 is 14.2 Å². The summed E-state index contributed by atoms with van der Waals surface area (Å²) in [5.41, 5.74) is 5.41.